The van der Waals surface area contributed by atoms with Gasteiger partial charge in [-0.2, -0.15) is 4.90 Å². The SMILES string of the molecule is CCNCC.O=C1C2CCCC1C1C(=[N+]([O-])[O-])C=C([N+](=O)[O-])C2C1[N+](=O)[O-]. The highest BCUT2D eigenvalue weighted by Gasteiger charge is 2.66. The first-order valence-electron chi connectivity index (χ1n) is 9.01. The van der Waals surface area contributed by atoms with E-state index < -0.39 is 55.9 Å². The van der Waals surface area contributed by atoms with Crippen LogP contribution in [0.1, 0.15) is 33.1 Å². The molecule has 4 bridgehead atoms. The molecule has 5 atom stereocenters. The smallest absolute Gasteiger partial charge is 0.263 e. The van der Waals surface area contributed by atoms with Gasteiger partial charge in [-0.05, 0) is 25.9 Å². The Morgan fingerprint density at radius 1 is 1.04 bits per heavy atom. The van der Waals surface area contributed by atoms with Crippen molar-refractivity contribution in [2.24, 2.45) is 23.7 Å². The van der Waals surface area contributed by atoms with Crippen LogP contribution in [-0.2, 0) is 4.79 Å². The molecule has 0 amide bonds. The van der Waals surface area contributed by atoms with E-state index in [1.807, 2.05) is 0 Å². The number of hydrogen-bond acceptors (Lipinski definition) is 8. The summed E-state index contributed by atoms with van der Waals surface area (Å²) in [5, 5.41) is 48.2. The second-order valence-electron chi connectivity index (χ2n) is 6.84. The first kappa shape index (κ1) is 20.7. The van der Waals surface area contributed by atoms with Crippen molar-refractivity contribution < 1.29 is 19.5 Å². The Bertz CT molecular complexity index is 684. The Morgan fingerprint density at radius 2 is 1.59 bits per heavy atom. The predicted octanol–water partition coefficient (Wildman–Crippen LogP) is 1.10. The molecule has 0 aromatic carbocycles. The monoisotopic (exact) mass is 383 g/mol. The molecule has 0 spiro atoms. The van der Waals surface area contributed by atoms with E-state index in [0.29, 0.717) is 19.3 Å². The largest absolute Gasteiger partial charge is 0.612 e. The standard InChI is InChI=1S/C12H12N3O7.C4H11N/c16-12-5-2-1-3-6(12)10-8(14(19)20)4-7(13(17)18)9(5)11(10)15(21)22;1-3-5-4-2/h4-6,9-11H,1-3H2;5H,3-4H2,1-2H3/q-1;. The maximum atomic E-state index is 12.4. The number of carbonyl (C=O) groups is 1. The number of ketones is 1. The fraction of sp³-hybridized carbons (Fsp3) is 0.750. The fourth-order valence-corrected chi connectivity index (χ4v) is 4.50. The second-order valence-corrected chi connectivity index (χ2v) is 6.84. The lowest BCUT2D eigenvalue weighted by Crippen LogP contribution is -2.61. The summed E-state index contributed by atoms with van der Waals surface area (Å²) in [6.07, 6.45) is 2.15. The Balaban J connectivity index is 0.000000465. The first-order valence-corrected chi connectivity index (χ1v) is 9.01. The van der Waals surface area contributed by atoms with Crippen molar-refractivity contribution in [1.82, 2.24) is 5.32 Å². The highest BCUT2D eigenvalue weighted by atomic mass is 16.8. The molecule has 1 N–H and O–H groups in total. The molecule has 0 aromatic rings. The van der Waals surface area contributed by atoms with Crippen LogP contribution in [-0.4, -0.2) is 45.4 Å². The molecule has 3 aliphatic carbocycles. The first-order chi connectivity index (χ1) is 12.8. The molecule has 0 heterocycles. The average molecular weight is 383 g/mol. The number of rotatable bonds is 4. The average Bonchev–Trinajstić information content (AvgIpc) is 2.60. The van der Waals surface area contributed by atoms with Gasteiger partial charge in [-0.15, -0.1) is 0 Å². The minimum atomic E-state index is -1.47. The van der Waals surface area contributed by atoms with E-state index in [1.54, 1.807) is 0 Å². The van der Waals surface area contributed by atoms with Crippen LogP contribution in [0.15, 0.2) is 11.8 Å². The lowest BCUT2D eigenvalue weighted by Gasteiger charge is -2.44. The number of nitrogens with zero attached hydrogens (tertiary/aromatic N) is 3. The van der Waals surface area contributed by atoms with Crippen molar-refractivity contribution in [2.45, 2.75) is 39.2 Å². The van der Waals surface area contributed by atoms with Crippen molar-refractivity contribution in [3.8, 4) is 0 Å². The normalized spacial score (nSPS) is 31.3. The molecular weight excluding hydrogens is 360 g/mol. The quantitative estimate of drug-likeness (QED) is 0.428. The van der Waals surface area contributed by atoms with E-state index >= 15 is 0 Å². The van der Waals surface area contributed by atoms with Crippen molar-refractivity contribution in [3.05, 3.63) is 42.4 Å². The third-order valence-corrected chi connectivity index (χ3v) is 5.51. The van der Waals surface area contributed by atoms with Crippen LogP contribution in [0.25, 0.3) is 0 Å². The second kappa shape index (κ2) is 8.42. The van der Waals surface area contributed by atoms with E-state index in [-0.39, 0.29) is 5.78 Å². The minimum Gasteiger partial charge on any atom is -0.612 e. The van der Waals surface area contributed by atoms with Gasteiger partial charge in [0.05, 0.1) is 11.0 Å². The minimum absolute atomic E-state index is 0.300. The van der Waals surface area contributed by atoms with Gasteiger partial charge in [0.1, 0.15) is 17.6 Å². The van der Waals surface area contributed by atoms with Crippen molar-refractivity contribution in [2.75, 3.05) is 13.1 Å². The number of fused-ring (bicyclic) bond motifs is 6. The van der Waals surface area contributed by atoms with Gasteiger partial charge in [0.25, 0.3) is 5.70 Å². The lowest BCUT2D eigenvalue weighted by atomic mass is 9.55. The van der Waals surface area contributed by atoms with Gasteiger partial charge in [-0.1, -0.05) is 20.3 Å². The summed E-state index contributed by atoms with van der Waals surface area (Å²) >= 11 is 0. The molecule has 0 aliphatic heterocycles. The molecule has 2 fully saturated rings. The van der Waals surface area contributed by atoms with Gasteiger partial charge in [-0.3, -0.25) is 25.0 Å². The maximum Gasteiger partial charge on any atom is 0.263 e. The zero-order chi connectivity index (χ0) is 20.3. The molecule has 5 unspecified atom stereocenters. The van der Waals surface area contributed by atoms with Crippen LogP contribution in [0.3, 0.4) is 0 Å². The summed E-state index contributed by atoms with van der Waals surface area (Å²) in [7, 11) is 0. The molecule has 27 heavy (non-hydrogen) atoms. The highest BCUT2D eigenvalue weighted by Crippen LogP contribution is 2.50. The maximum absolute atomic E-state index is 12.4. The number of allylic oxidation sites excluding steroid dienone is 1. The third-order valence-electron chi connectivity index (χ3n) is 5.51. The summed E-state index contributed by atoms with van der Waals surface area (Å²) in [5.41, 5.74) is -1.16. The van der Waals surface area contributed by atoms with Gasteiger partial charge in [0, 0.05) is 16.8 Å². The Labute approximate surface area is 155 Å². The molecule has 0 saturated heterocycles. The van der Waals surface area contributed by atoms with Gasteiger partial charge in [-0.25, -0.2) is 0 Å². The summed E-state index contributed by atoms with van der Waals surface area (Å²) in [6, 6.07) is -1.47. The highest BCUT2D eigenvalue weighted by molar-refractivity contribution is 6.01. The fourth-order valence-electron chi connectivity index (χ4n) is 4.50. The molecule has 0 aromatic heterocycles. The summed E-state index contributed by atoms with van der Waals surface area (Å²) in [5.74, 6) is -4.22. The summed E-state index contributed by atoms with van der Waals surface area (Å²) < 4.78 is 0. The van der Waals surface area contributed by atoms with E-state index in [1.165, 1.54) is 0 Å². The number of nitrogens with one attached hydrogen (secondary N) is 1. The van der Waals surface area contributed by atoms with E-state index in [0.717, 1.165) is 19.2 Å². The van der Waals surface area contributed by atoms with Crippen molar-refractivity contribution in [3.63, 3.8) is 0 Å². The summed E-state index contributed by atoms with van der Waals surface area (Å²) in [4.78, 5) is 32.7. The van der Waals surface area contributed by atoms with E-state index in [4.69, 9.17) is 0 Å². The third kappa shape index (κ3) is 3.77. The van der Waals surface area contributed by atoms with Gasteiger partial charge < -0.3 is 15.7 Å². The Morgan fingerprint density at radius 3 is 2.00 bits per heavy atom. The molecule has 11 heteroatoms. The van der Waals surface area contributed by atoms with E-state index in [9.17, 15) is 35.4 Å². The molecule has 150 valence electrons. The number of Topliss-reactive ketones (excluding diaryl/α,β-unsaturated/α-hetero) is 1. The van der Waals surface area contributed by atoms with Crippen LogP contribution in [0.2, 0.25) is 0 Å². The molecule has 0 radical (unpaired) electrons. The van der Waals surface area contributed by atoms with Crippen molar-refractivity contribution in [1.29, 1.82) is 0 Å². The zero-order valence-electron chi connectivity index (χ0n) is 15.2. The molecule has 3 rings (SSSR count). The van der Waals surface area contributed by atoms with Crippen LogP contribution in [0.4, 0.5) is 0 Å². The number of nitro groups is 2. The molecular formula is C16H23N4O7-. The Hall–Kier alpha value is -2.56. The molecule has 11 nitrogen and oxygen atoms in total. The van der Waals surface area contributed by atoms with Crippen LogP contribution < -0.4 is 5.32 Å². The van der Waals surface area contributed by atoms with E-state index in [2.05, 4.69) is 19.2 Å². The van der Waals surface area contributed by atoms with Gasteiger partial charge >= 0.3 is 0 Å². The zero-order valence-corrected chi connectivity index (χ0v) is 15.2. The topological polar surface area (TPSA) is 165 Å². The molecule has 2 saturated carbocycles. The van der Waals surface area contributed by atoms with Gasteiger partial charge in [0.15, 0.2) is 0 Å². The van der Waals surface area contributed by atoms with Crippen molar-refractivity contribution >= 4 is 11.5 Å². The van der Waals surface area contributed by atoms with Crippen LogP contribution in [0.5, 0.6) is 0 Å². The lowest BCUT2D eigenvalue weighted by molar-refractivity contribution is -0.555. The van der Waals surface area contributed by atoms with Gasteiger partial charge in [0.2, 0.25) is 11.8 Å². The number of carbonyl (C=O) groups excluding carboxylic acids is 1. The van der Waals surface area contributed by atoms with Crippen LogP contribution in [0, 0.1) is 54.3 Å². The Kier molecular flexibility index (Phi) is 6.47. The molecule has 3 aliphatic rings. The summed E-state index contributed by atoms with van der Waals surface area (Å²) in [6.45, 7) is 6.39. The van der Waals surface area contributed by atoms with Crippen LogP contribution >= 0.6 is 0 Å². The predicted molar refractivity (Wildman–Crippen MR) is 94.9 cm³/mol. The number of hydrogen-bond donors (Lipinski definition) is 1.